The maximum Gasteiger partial charge on any atom is 0.0451 e. The topological polar surface area (TPSA) is 3.24 Å². The summed E-state index contributed by atoms with van der Waals surface area (Å²) in [7, 11) is 2.09. The zero-order valence-corrected chi connectivity index (χ0v) is 10.7. The van der Waals surface area contributed by atoms with Crippen molar-refractivity contribution < 1.29 is 0 Å². The second kappa shape index (κ2) is 6.37. The van der Waals surface area contributed by atoms with Crippen molar-refractivity contribution in [1.29, 1.82) is 0 Å². The molecule has 0 fully saturated rings. The fourth-order valence-corrected chi connectivity index (χ4v) is 1.69. The first kappa shape index (κ1) is 12.8. The maximum atomic E-state index is 6.08. The van der Waals surface area contributed by atoms with Crippen LogP contribution in [0.1, 0.15) is 18.9 Å². The van der Waals surface area contributed by atoms with Crippen LogP contribution in [-0.4, -0.2) is 23.9 Å². The quantitative estimate of drug-likeness (QED) is 0.714. The molecule has 1 nitrogen and oxygen atoms in total. The summed E-state index contributed by atoms with van der Waals surface area (Å²) in [5.41, 5.74) is 1.17. The van der Waals surface area contributed by atoms with Gasteiger partial charge in [-0.15, -0.1) is 11.6 Å². The van der Waals surface area contributed by atoms with Gasteiger partial charge in [-0.2, -0.15) is 0 Å². The van der Waals surface area contributed by atoms with Gasteiger partial charge in [0.05, 0.1) is 0 Å². The molecule has 1 unspecified atom stereocenters. The third-order valence-electron chi connectivity index (χ3n) is 2.31. The minimum Gasteiger partial charge on any atom is -0.302 e. The van der Waals surface area contributed by atoms with Crippen LogP contribution in [-0.2, 0) is 6.54 Å². The number of halogens is 2. The highest BCUT2D eigenvalue weighted by Crippen LogP contribution is 2.16. The van der Waals surface area contributed by atoms with Gasteiger partial charge in [0, 0.05) is 16.9 Å². The molecule has 0 aromatic heterocycles. The van der Waals surface area contributed by atoms with E-state index in [9.17, 15) is 0 Å². The number of rotatable bonds is 5. The highest BCUT2D eigenvalue weighted by molar-refractivity contribution is 6.31. The minimum atomic E-state index is 0.235. The molecular formula is C12H17Cl2N. The van der Waals surface area contributed by atoms with Crippen molar-refractivity contribution >= 4 is 23.2 Å². The summed E-state index contributed by atoms with van der Waals surface area (Å²) in [5, 5.41) is 1.07. The smallest absolute Gasteiger partial charge is 0.0451 e. The summed E-state index contributed by atoms with van der Waals surface area (Å²) in [5.74, 6) is 0. The van der Waals surface area contributed by atoms with Crippen LogP contribution in [0.2, 0.25) is 5.02 Å². The lowest BCUT2D eigenvalue weighted by Gasteiger charge is -2.17. The molecule has 0 bridgehead atoms. The van der Waals surface area contributed by atoms with E-state index in [4.69, 9.17) is 23.2 Å². The molecule has 84 valence electrons. The van der Waals surface area contributed by atoms with E-state index >= 15 is 0 Å². The van der Waals surface area contributed by atoms with Crippen LogP contribution < -0.4 is 0 Å². The van der Waals surface area contributed by atoms with Crippen molar-refractivity contribution in [2.45, 2.75) is 25.3 Å². The van der Waals surface area contributed by atoms with Gasteiger partial charge in [-0.1, -0.05) is 29.8 Å². The van der Waals surface area contributed by atoms with Crippen molar-refractivity contribution in [3.8, 4) is 0 Å². The SMILES string of the molecule is CC(Cl)CCN(C)Cc1ccccc1Cl. The molecule has 0 radical (unpaired) electrons. The Balaban J connectivity index is 2.44. The first-order valence-corrected chi connectivity index (χ1v) is 5.97. The molecule has 0 heterocycles. The van der Waals surface area contributed by atoms with Crippen LogP contribution in [0.4, 0.5) is 0 Å². The van der Waals surface area contributed by atoms with E-state index in [1.807, 2.05) is 25.1 Å². The van der Waals surface area contributed by atoms with E-state index in [2.05, 4.69) is 18.0 Å². The Morgan fingerprint density at radius 2 is 2.00 bits per heavy atom. The van der Waals surface area contributed by atoms with Gasteiger partial charge < -0.3 is 4.90 Å². The minimum absolute atomic E-state index is 0.235. The van der Waals surface area contributed by atoms with Crippen LogP contribution in [0.3, 0.4) is 0 Å². The third-order valence-corrected chi connectivity index (χ3v) is 2.89. The van der Waals surface area contributed by atoms with Crippen LogP contribution in [0.5, 0.6) is 0 Å². The highest BCUT2D eigenvalue weighted by atomic mass is 35.5. The van der Waals surface area contributed by atoms with Gasteiger partial charge in [0.1, 0.15) is 0 Å². The second-order valence-corrected chi connectivity index (χ2v) is 5.05. The Morgan fingerprint density at radius 1 is 1.33 bits per heavy atom. The molecule has 1 atom stereocenters. The second-order valence-electron chi connectivity index (χ2n) is 3.90. The Labute approximate surface area is 102 Å². The third kappa shape index (κ3) is 4.87. The van der Waals surface area contributed by atoms with Crippen LogP contribution in [0, 0.1) is 0 Å². The summed E-state index contributed by atoms with van der Waals surface area (Å²) in [6.45, 7) is 3.89. The number of nitrogens with zero attached hydrogens (tertiary/aromatic N) is 1. The summed E-state index contributed by atoms with van der Waals surface area (Å²) in [6, 6.07) is 7.95. The van der Waals surface area contributed by atoms with E-state index in [0.717, 1.165) is 24.5 Å². The molecule has 0 N–H and O–H groups in total. The van der Waals surface area contributed by atoms with Crippen molar-refractivity contribution in [2.24, 2.45) is 0 Å². The molecule has 0 aliphatic heterocycles. The maximum absolute atomic E-state index is 6.08. The van der Waals surface area contributed by atoms with Crippen LogP contribution in [0.25, 0.3) is 0 Å². The molecule has 0 spiro atoms. The highest BCUT2D eigenvalue weighted by Gasteiger charge is 2.04. The molecule has 1 aromatic rings. The molecule has 15 heavy (non-hydrogen) atoms. The summed E-state index contributed by atoms with van der Waals surface area (Å²) >= 11 is 12.0. The van der Waals surface area contributed by atoms with Crippen LogP contribution in [0.15, 0.2) is 24.3 Å². The number of hydrogen-bond donors (Lipinski definition) is 0. The molecular weight excluding hydrogens is 229 g/mol. The zero-order valence-electron chi connectivity index (χ0n) is 9.21. The number of benzene rings is 1. The van der Waals surface area contributed by atoms with Gasteiger partial charge in [0.2, 0.25) is 0 Å². The predicted molar refractivity (Wildman–Crippen MR) is 67.7 cm³/mol. The lowest BCUT2D eigenvalue weighted by molar-refractivity contribution is 0.322. The van der Waals surface area contributed by atoms with Gasteiger partial charge in [-0.3, -0.25) is 0 Å². The fraction of sp³-hybridized carbons (Fsp3) is 0.500. The molecule has 0 saturated carbocycles. The lowest BCUT2D eigenvalue weighted by atomic mass is 10.2. The standard InChI is InChI=1S/C12H17Cl2N/c1-10(13)7-8-15(2)9-11-5-3-4-6-12(11)14/h3-6,10H,7-9H2,1-2H3. The van der Waals surface area contributed by atoms with E-state index in [-0.39, 0.29) is 5.38 Å². The Morgan fingerprint density at radius 3 is 2.60 bits per heavy atom. The average molecular weight is 246 g/mol. The molecule has 0 saturated heterocycles. The molecule has 1 aromatic carbocycles. The van der Waals surface area contributed by atoms with Crippen molar-refractivity contribution in [1.82, 2.24) is 4.90 Å². The molecule has 0 aliphatic rings. The fourth-order valence-electron chi connectivity index (χ4n) is 1.39. The molecule has 0 amide bonds. The number of alkyl halides is 1. The summed E-state index contributed by atoms with van der Waals surface area (Å²) in [4.78, 5) is 2.24. The summed E-state index contributed by atoms with van der Waals surface area (Å²) < 4.78 is 0. The van der Waals surface area contributed by atoms with Gasteiger partial charge in [0.25, 0.3) is 0 Å². The normalized spacial score (nSPS) is 13.1. The van der Waals surface area contributed by atoms with Gasteiger partial charge in [-0.25, -0.2) is 0 Å². The summed E-state index contributed by atoms with van der Waals surface area (Å²) in [6.07, 6.45) is 1.00. The van der Waals surface area contributed by atoms with Gasteiger partial charge in [-0.05, 0) is 38.6 Å². The van der Waals surface area contributed by atoms with Gasteiger partial charge >= 0.3 is 0 Å². The van der Waals surface area contributed by atoms with E-state index in [0.29, 0.717) is 0 Å². The molecule has 0 aliphatic carbocycles. The van der Waals surface area contributed by atoms with Gasteiger partial charge in [0.15, 0.2) is 0 Å². The predicted octanol–water partition coefficient (Wildman–Crippen LogP) is 3.79. The Hall–Kier alpha value is -0.240. The molecule has 3 heteroatoms. The monoisotopic (exact) mass is 245 g/mol. The first-order chi connectivity index (χ1) is 7.09. The van der Waals surface area contributed by atoms with Crippen molar-refractivity contribution in [3.05, 3.63) is 34.9 Å². The largest absolute Gasteiger partial charge is 0.302 e. The van der Waals surface area contributed by atoms with Crippen molar-refractivity contribution in [2.75, 3.05) is 13.6 Å². The zero-order chi connectivity index (χ0) is 11.3. The van der Waals surface area contributed by atoms with E-state index in [1.54, 1.807) is 0 Å². The van der Waals surface area contributed by atoms with E-state index in [1.165, 1.54) is 5.56 Å². The first-order valence-electron chi connectivity index (χ1n) is 5.15. The molecule has 1 rings (SSSR count). The lowest BCUT2D eigenvalue weighted by Crippen LogP contribution is -2.21. The average Bonchev–Trinajstić information content (AvgIpc) is 2.18. The van der Waals surface area contributed by atoms with Crippen molar-refractivity contribution in [3.63, 3.8) is 0 Å². The Kier molecular flexibility index (Phi) is 5.44. The Bertz CT molecular complexity index is 299. The number of hydrogen-bond acceptors (Lipinski definition) is 1. The van der Waals surface area contributed by atoms with E-state index < -0.39 is 0 Å². The van der Waals surface area contributed by atoms with Crippen LogP contribution >= 0.6 is 23.2 Å².